The third-order valence-corrected chi connectivity index (χ3v) is 3.89. The molecule has 0 bridgehead atoms. The standard InChI is InChI=1S/C15H20O2/c16-15-3-1-2-12-6-7-13(10-14(12)15)17-9-8-11-4-5-11/h6-7,10-11,15-16H,1-5,8-9H2. The van der Waals surface area contributed by atoms with Crippen molar-refractivity contribution >= 4 is 0 Å². The van der Waals surface area contributed by atoms with E-state index in [1.54, 1.807) is 0 Å². The van der Waals surface area contributed by atoms with E-state index in [9.17, 15) is 5.11 Å². The zero-order valence-electron chi connectivity index (χ0n) is 10.2. The van der Waals surface area contributed by atoms with Crippen LogP contribution in [0.15, 0.2) is 18.2 Å². The van der Waals surface area contributed by atoms with Crippen molar-refractivity contribution < 1.29 is 9.84 Å². The maximum Gasteiger partial charge on any atom is 0.119 e. The lowest BCUT2D eigenvalue weighted by molar-refractivity contribution is 0.156. The lowest BCUT2D eigenvalue weighted by atomic mass is 9.89. The number of aliphatic hydroxyl groups excluding tert-OH is 1. The minimum atomic E-state index is -0.286. The summed E-state index contributed by atoms with van der Waals surface area (Å²) in [5, 5.41) is 9.95. The molecule has 1 atom stereocenters. The van der Waals surface area contributed by atoms with E-state index in [1.807, 2.05) is 12.1 Å². The molecule has 0 aromatic heterocycles. The predicted molar refractivity (Wildman–Crippen MR) is 67.2 cm³/mol. The summed E-state index contributed by atoms with van der Waals surface area (Å²) in [4.78, 5) is 0. The van der Waals surface area contributed by atoms with E-state index >= 15 is 0 Å². The first-order valence-electron chi connectivity index (χ1n) is 6.76. The molecule has 2 nitrogen and oxygen atoms in total. The Kier molecular flexibility index (Phi) is 3.06. The van der Waals surface area contributed by atoms with Gasteiger partial charge in [0.05, 0.1) is 12.7 Å². The first-order chi connectivity index (χ1) is 8.33. The Hall–Kier alpha value is -1.02. The van der Waals surface area contributed by atoms with Crippen LogP contribution in [0.2, 0.25) is 0 Å². The molecule has 17 heavy (non-hydrogen) atoms. The third-order valence-electron chi connectivity index (χ3n) is 3.89. The minimum Gasteiger partial charge on any atom is -0.494 e. The number of hydrogen-bond donors (Lipinski definition) is 1. The third kappa shape index (κ3) is 2.63. The van der Waals surface area contributed by atoms with Crippen LogP contribution in [0.1, 0.15) is 49.3 Å². The molecule has 1 aromatic carbocycles. The van der Waals surface area contributed by atoms with Gasteiger partial charge in [-0.2, -0.15) is 0 Å². The van der Waals surface area contributed by atoms with Crippen LogP contribution in [0.4, 0.5) is 0 Å². The number of hydrogen-bond acceptors (Lipinski definition) is 2. The van der Waals surface area contributed by atoms with E-state index in [0.717, 1.165) is 43.1 Å². The highest BCUT2D eigenvalue weighted by molar-refractivity contribution is 5.38. The zero-order valence-corrected chi connectivity index (χ0v) is 10.2. The largest absolute Gasteiger partial charge is 0.494 e. The second-order valence-corrected chi connectivity index (χ2v) is 5.35. The van der Waals surface area contributed by atoms with Crippen molar-refractivity contribution in [3.63, 3.8) is 0 Å². The molecule has 2 aliphatic carbocycles. The Morgan fingerprint density at radius 3 is 2.94 bits per heavy atom. The van der Waals surface area contributed by atoms with E-state index in [2.05, 4.69) is 6.07 Å². The maximum atomic E-state index is 9.95. The quantitative estimate of drug-likeness (QED) is 0.863. The Balaban J connectivity index is 1.65. The van der Waals surface area contributed by atoms with Crippen LogP contribution in [-0.4, -0.2) is 11.7 Å². The summed E-state index contributed by atoms with van der Waals surface area (Å²) in [5.74, 6) is 1.84. The van der Waals surface area contributed by atoms with Crippen LogP contribution in [0.5, 0.6) is 5.75 Å². The number of aliphatic hydroxyl groups is 1. The van der Waals surface area contributed by atoms with Crippen LogP contribution in [0, 0.1) is 5.92 Å². The lowest BCUT2D eigenvalue weighted by Crippen LogP contribution is -2.09. The Morgan fingerprint density at radius 2 is 2.12 bits per heavy atom. The van der Waals surface area contributed by atoms with E-state index in [1.165, 1.54) is 24.8 Å². The number of rotatable bonds is 4. The number of benzene rings is 1. The van der Waals surface area contributed by atoms with Gasteiger partial charge in [0, 0.05) is 0 Å². The predicted octanol–water partition coefficient (Wildman–Crippen LogP) is 3.24. The average molecular weight is 232 g/mol. The maximum absolute atomic E-state index is 9.95. The average Bonchev–Trinajstić information content (AvgIpc) is 3.14. The molecule has 92 valence electrons. The van der Waals surface area contributed by atoms with E-state index in [-0.39, 0.29) is 6.10 Å². The van der Waals surface area contributed by atoms with Crippen molar-refractivity contribution in [3.8, 4) is 5.75 Å². The van der Waals surface area contributed by atoms with Crippen LogP contribution in [0.25, 0.3) is 0 Å². The molecule has 0 aliphatic heterocycles. The molecule has 0 spiro atoms. The van der Waals surface area contributed by atoms with E-state index < -0.39 is 0 Å². The summed E-state index contributed by atoms with van der Waals surface area (Å²) in [6, 6.07) is 6.19. The van der Waals surface area contributed by atoms with E-state index in [0.29, 0.717) is 0 Å². The molecule has 1 saturated carbocycles. The van der Waals surface area contributed by atoms with Crippen molar-refractivity contribution in [2.75, 3.05) is 6.61 Å². The minimum absolute atomic E-state index is 0.286. The molecule has 2 aliphatic rings. The number of ether oxygens (including phenoxy) is 1. The summed E-state index contributed by atoms with van der Waals surface area (Å²) < 4.78 is 5.76. The second kappa shape index (κ2) is 4.69. The van der Waals surface area contributed by atoms with E-state index in [4.69, 9.17) is 4.74 Å². The highest BCUT2D eigenvalue weighted by Crippen LogP contribution is 2.34. The summed E-state index contributed by atoms with van der Waals surface area (Å²) in [5.41, 5.74) is 2.37. The molecule has 1 unspecified atom stereocenters. The number of fused-ring (bicyclic) bond motifs is 1. The fraction of sp³-hybridized carbons (Fsp3) is 0.600. The molecule has 0 saturated heterocycles. The van der Waals surface area contributed by atoms with Crippen molar-refractivity contribution in [2.24, 2.45) is 5.92 Å². The first kappa shape index (κ1) is 11.1. The molecular formula is C15H20O2. The van der Waals surface area contributed by atoms with Crippen molar-refractivity contribution in [2.45, 2.75) is 44.6 Å². The summed E-state index contributed by atoms with van der Waals surface area (Å²) in [7, 11) is 0. The van der Waals surface area contributed by atoms with Crippen LogP contribution < -0.4 is 4.74 Å². The van der Waals surface area contributed by atoms with Gasteiger partial charge in [0.2, 0.25) is 0 Å². The highest BCUT2D eigenvalue weighted by atomic mass is 16.5. The SMILES string of the molecule is OC1CCCc2ccc(OCCC3CC3)cc21. The Morgan fingerprint density at radius 1 is 1.24 bits per heavy atom. The van der Waals surface area contributed by atoms with Gasteiger partial charge in [-0.3, -0.25) is 0 Å². The van der Waals surface area contributed by atoms with Crippen molar-refractivity contribution in [1.29, 1.82) is 0 Å². The molecular weight excluding hydrogens is 212 g/mol. The van der Waals surface area contributed by atoms with Crippen molar-refractivity contribution in [1.82, 2.24) is 0 Å². The molecule has 2 heteroatoms. The van der Waals surface area contributed by atoms with Crippen molar-refractivity contribution in [3.05, 3.63) is 29.3 Å². The Bertz CT molecular complexity index is 396. The molecule has 0 amide bonds. The monoisotopic (exact) mass is 232 g/mol. The summed E-state index contributed by atoms with van der Waals surface area (Å²) in [6.07, 6.45) is 6.73. The van der Waals surface area contributed by atoms with Gasteiger partial charge < -0.3 is 9.84 Å². The molecule has 1 N–H and O–H groups in total. The van der Waals surface area contributed by atoms with Gasteiger partial charge in [-0.05, 0) is 54.9 Å². The highest BCUT2D eigenvalue weighted by Gasteiger charge is 2.21. The van der Waals surface area contributed by atoms with Gasteiger partial charge in [0.15, 0.2) is 0 Å². The van der Waals surface area contributed by atoms with Gasteiger partial charge in [-0.15, -0.1) is 0 Å². The fourth-order valence-corrected chi connectivity index (χ4v) is 2.59. The van der Waals surface area contributed by atoms with Crippen LogP contribution in [-0.2, 0) is 6.42 Å². The van der Waals surface area contributed by atoms with Gasteiger partial charge in [0.1, 0.15) is 5.75 Å². The zero-order chi connectivity index (χ0) is 11.7. The molecule has 3 rings (SSSR count). The molecule has 1 fully saturated rings. The Labute approximate surface area is 103 Å². The smallest absolute Gasteiger partial charge is 0.119 e. The summed E-state index contributed by atoms with van der Waals surface area (Å²) >= 11 is 0. The molecule has 0 heterocycles. The summed E-state index contributed by atoms with van der Waals surface area (Å²) in [6.45, 7) is 0.819. The lowest BCUT2D eigenvalue weighted by Gasteiger charge is -2.22. The first-order valence-corrected chi connectivity index (χ1v) is 6.76. The van der Waals surface area contributed by atoms with Crippen LogP contribution >= 0.6 is 0 Å². The fourth-order valence-electron chi connectivity index (χ4n) is 2.59. The van der Waals surface area contributed by atoms with Gasteiger partial charge >= 0.3 is 0 Å². The molecule has 1 aromatic rings. The normalized spacial score (nSPS) is 23.2. The van der Waals surface area contributed by atoms with Gasteiger partial charge in [-0.25, -0.2) is 0 Å². The number of aryl methyl sites for hydroxylation is 1. The topological polar surface area (TPSA) is 29.5 Å². The van der Waals surface area contributed by atoms with Crippen LogP contribution in [0.3, 0.4) is 0 Å². The molecule has 0 radical (unpaired) electrons. The van der Waals surface area contributed by atoms with Gasteiger partial charge in [-0.1, -0.05) is 18.9 Å². The van der Waals surface area contributed by atoms with Gasteiger partial charge in [0.25, 0.3) is 0 Å². The second-order valence-electron chi connectivity index (χ2n) is 5.35.